The highest BCUT2D eigenvalue weighted by Crippen LogP contribution is 2.33. The molecular formula is C19H22N8O2. The van der Waals surface area contributed by atoms with Gasteiger partial charge in [0.05, 0.1) is 18.7 Å². The average molecular weight is 394 g/mol. The van der Waals surface area contributed by atoms with Crippen molar-refractivity contribution in [2.24, 2.45) is 0 Å². The molecule has 0 aromatic carbocycles. The van der Waals surface area contributed by atoms with E-state index in [0.717, 1.165) is 35.3 Å². The molecule has 2 N–H and O–H groups in total. The molecule has 1 amide bonds. The lowest BCUT2D eigenvalue weighted by Gasteiger charge is -2.27. The van der Waals surface area contributed by atoms with Gasteiger partial charge in [-0.05, 0) is 12.1 Å². The number of rotatable bonds is 3. The highest BCUT2D eigenvalue weighted by Gasteiger charge is 2.24. The summed E-state index contributed by atoms with van der Waals surface area (Å²) in [7, 11) is 0. The van der Waals surface area contributed by atoms with Crippen molar-refractivity contribution in [2.45, 2.75) is 26.3 Å². The van der Waals surface area contributed by atoms with Gasteiger partial charge in [-0.1, -0.05) is 13.8 Å². The third-order valence-corrected chi connectivity index (χ3v) is 5.06. The van der Waals surface area contributed by atoms with Gasteiger partial charge in [-0.15, -0.1) is 0 Å². The summed E-state index contributed by atoms with van der Waals surface area (Å²) in [5.41, 5.74) is 1.56. The molecule has 1 fully saturated rings. The number of imidazole rings is 1. The summed E-state index contributed by atoms with van der Waals surface area (Å²) in [5, 5.41) is 10.1. The first kappa shape index (κ1) is 17.7. The zero-order chi connectivity index (χ0) is 20.0. The molecule has 0 radical (unpaired) electrons. The molecule has 10 nitrogen and oxygen atoms in total. The Bertz CT molecular complexity index is 1070. The van der Waals surface area contributed by atoms with Crippen LogP contribution in [0.15, 0.2) is 18.3 Å². The van der Waals surface area contributed by atoms with Crippen LogP contribution in [0.2, 0.25) is 0 Å². The molecule has 0 unspecified atom stereocenters. The van der Waals surface area contributed by atoms with E-state index in [1.165, 1.54) is 0 Å². The van der Waals surface area contributed by atoms with Gasteiger partial charge in [0.15, 0.2) is 11.6 Å². The normalized spacial score (nSPS) is 16.1. The Morgan fingerprint density at radius 3 is 2.86 bits per heavy atom. The van der Waals surface area contributed by atoms with E-state index in [1.54, 1.807) is 0 Å². The van der Waals surface area contributed by atoms with Crippen LogP contribution in [-0.4, -0.2) is 61.9 Å². The van der Waals surface area contributed by atoms with Gasteiger partial charge in [-0.3, -0.25) is 9.89 Å². The fourth-order valence-electron chi connectivity index (χ4n) is 3.52. The molecule has 0 aliphatic carbocycles. The van der Waals surface area contributed by atoms with E-state index < -0.39 is 0 Å². The molecule has 2 aliphatic heterocycles. The number of carbonyl (C=O) groups is 1. The van der Waals surface area contributed by atoms with Crippen molar-refractivity contribution in [3.05, 3.63) is 24.2 Å². The van der Waals surface area contributed by atoms with E-state index in [9.17, 15) is 4.79 Å². The quantitative estimate of drug-likeness (QED) is 0.686. The van der Waals surface area contributed by atoms with Gasteiger partial charge in [-0.25, -0.2) is 9.97 Å². The minimum Gasteiger partial charge on any atom is -0.475 e. The number of hydrogen-bond donors (Lipinski definition) is 2. The number of fused-ring (bicyclic) bond motifs is 3. The molecule has 29 heavy (non-hydrogen) atoms. The van der Waals surface area contributed by atoms with Gasteiger partial charge in [0, 0.05) is 25.2 Å². The third kappa shape index (κ3) is 3.20. The summed E-state index contributed by atoms with van der Waals surface area (Å²) >= 11 is 0. The summed E-state index contributed by atoms with van der Waals surface area (Å²) in [6.45, 7) is 6.89. The van der Waals surface area contributed by atoms with E-state index in [1.807, 2.05) is 23.2 Å². The molecule has 5 rings (SSSR count). The van der Waals surface area contributed by atoms with Crippen LogP contribution in [0.25, 0.3) is 22.9 Å². The molecule has 0 saturated carbocycles. The molecule has 3 aromatic heterocycles. The number of piperazine rings is 1. The number of hydrogen-bond acceptors (Lipinski definition) is 7. The van der Waals surface area contributed by atoms with Crippen molar-refractivity contribution < 1.29 is 9.53 Å². The Morgan fingerprint density at radius 1 is 1.17 bits per heavy atom. The number of pyridine rings is 1. The predicted molar refractivity (Wildman–Crippen MR) is 106 cm³/mol. The highest BCUT2D eigenvalue weighted by molar-refractivity contribution is 5.82. The largest absolute Gasteiger partial charge is 0.475 e. The SMILES string of the molecule is CC(C)c1n[nH]c(-c2cn3c(n2)-c2ccc(N4CCNC(=O)C4)nc2OCC3)n1. The highest BCUT2D eigenvalue weighted by atomic mass is 16.5. The fraction of sp³-hybridized carbons (Fsp3) is 0.421. The lowest BCUT2D eigenvalue weighted by molar-refractivity contribution is -0.120. The van der Waals surface area contributed by atoms with Crippen molar-refractivity contribution in [2.75, 3.05) is 31.1 Å². The van der Waals surface area contributed by atoms with Gasteiger partial charge in [0.2, 0.25) is 11.8 Å². The standard InChI is InChI=1S/C19H22N8O2/c1-11(2)16-23-17(25-24-16)13-9-27-7-8-29-19-12(18(27)21-13)3-4-14(22-19)26-6-5-20-15(28)10-26/h3-4,9,11H,5-8,10H2,1-2H3,(H,20,28)(H,23,24,25). The molecule has 10 heteroatoms. The molecule has 3 aromatic rings. The maximum absolute atomic E-state index is 11.7. The van der Waals surface area contributed by atoms with E-state index in [4.69, 9.17) is 9.72 Å². The smallest absolute Gasteiger partial charge is 0.239 e. The first-order valence-electron chi connectivity index (χ1n) is 9.74. The Balaban J connectivity index is 1.50. The molecule has 1 saturated heterocycles. The minimum atomic E-state index is 0.00178. The maximum Gasteiger partial charge on any atom is 0.239 e. The number of H-pyrrole nitrogens is 1. The van der Waals surface area contributed by atoms with Crippen molar-refractivity contribution in [1.82, 2.24) is 35.0 Å². The van der Waals surface area contributed by atoms with Crippen molar-refractivity contribution in [1.29, 1.82) is 0 Å². The van der Waals surface area contributed by atoms with Gasteiger partial charge in [-0.2, -0.15) is 10.1 Å². The number of aromatic nitrogens is 6. The van der Waals surface area contributed by atoms with Crippen molar-refractivity contribution >= 4 is 11.7 Å². The Kier molecular flexibility index (Phi) is 4.18. The number of anilines is 1. The third-order valence-electron chi connectivity index (χ3n) is 5.06. The lowest BCUT2D eigenvalue weighted by Crippen LogP contribution is -2.48. The fourth-order valence-corrected chi connectivity index (χ4v) is 3.52. The topological polar surface area (TPSA) is 114 Å². The number of nitrogens with one attached hydrogen (secondary N) is 2. The van der Waals surface area contributed by atoms with Crippen LogP contribution in [0.4, 0.5) is 5.82 Å². The first-order valence-corrected chi connectivity index (χ1v) is 9.74. The van der Waals surface area contributed by atoms with Crippen LogP contribution >= 0.6 is 0 Å². The summed E-state index contributed by atoms with van der Waals surface area (Å²) in [4.78, 5) is 27.7. The van der Waals surface area contributed by atoms with Gasteiger partial charge >= 0.3 is 0 Å². The molecule has 5 heterocycles. The number of carbonyl (C=O) groups excluding carboxylic acids is 1. The van der Waals surface area contributed by atoms with E-state index in [-0.39, 0.29) is 11.8 Å². The molecule has 0 atom stereocenters. The lowest BCUT2D eigenvalue weighted by atomic mass is 10.2. The molecule has 2 aliphatic rings. The second kappa shape index (κ2) is 6.87. The molecule has 150 valence electrons. The molecular weight excluding hydrogens is 372 g/mol. The maximum atomic E-state index is 11.7. The van der Waals surface area contributed by atoms with E-state index in [2.05, 4.69) is 43.9 Å². The van der Waals surface area contributed by atoms with Crippen molar-refractivity contribution in [3.8, 4) is 28.8 Å². The van der Waals surface area contributed by atoms with E-state index >= 15 is 0 Å². The van der Waals surface area contributed by atoms with Gasteiger partial charge in [0.25, 0.3) is 0 Å². The Labute approximate surface area is 167 Å². The number of ether oxygens (including phenoxy) is 1. The number of amides is 1. The molecule has 0 bridgehead atoms. The summed E-state index contributed by atoms with van der Waals surface area (Å²) in [6, 6.07) is 3.87. The Hall–Kier alpha value is -3.43. The molecule has 0 spiro atoms. The van der Waals surface area contributed by atoms with Crippen LogP contribution in [0.5, 0.6) is 5.88 Å². The van der Waals surface area contributed by atoms with Gasteiger partial charge < -0.3 is 19.5 Å². The second-order valence-corrected chi connectivity index (χ2v) is 7.48. The number of aromatic amines is 1. The van der Waals surface area contributed by atoms with Gasteiger partial charge in [0.1, 0.15) is 23.9 Å². The summed E-state index contributed by atoms with van der Waals surface area (Å²) < 4.78 is 7.94. The van der Waals surface area contributed by atoms with Crippen LogP contribution in [-0.2, 0) is 11.3 Å². The predicted octanol–water partition coefficient (Wildman–Crippen LogP) is 1.18. The average Bonchev–Trinajstić information content (AvgIpc) is 3.32. The summed E-state index contributed by atoms with van der Waals surface area (Å²) in [6.07, 6.45) is 1.96. The Morgan fingerprint density at radius 2 is 2.07 bits per heavy atom. The first-order chi connectivity index (χ1) is 14.1. The number of nitrogens with zero attached hydrogens (tertiary/aromatic N) is 6. The minimum absolute atomic E-state index is 0.00178. The zero-order valence-corrected chi connectivity index (χ0v) is 16.3. The van der Waals surface area contributed by atoms with Crippen LogP contribution < -0.4 is 15.0 Å². The van der Waals surface area contributed by atoms with Crippen LogP contribution in [0, 0.1) is 0 Å². The monoisotopic (exact) mass is 394 g/mol. The van der Waals surface area contributed by atoms with E-state index in [0.29, 0.717) is 37.9 Å². The van der Waals surface area contributed by atoms with Crippen LogP contribution in [0.3, 0.4) is 0 Å². The zero-order valence-electron chi connectivity index (χ0n) is 16.3. The van der Waals surface area contributed by atoms with Crippen molar-refractivity contribution in [3.63, 3.8) is 0 Å². The summed E-state index contributed by atoms with van der Waals surface area (Å²) in [5.74, 6) is 3.71. The van der Waals surface area contributed by atoms with Crippen LogP contribution in [0.1, 0.15) is 25.6 Å². The second-order valence-electron chi connectivity index (χ2n) is 7.48.